The van der Waals surface area contributed by atoms with Crippen LogP contribution < -0.4 is 0 Å². The predicted molar refractivity (Wildman–Crippen MR) is 55.8 cm³/mol. The van der Waals surface area contributed by atoms with Gasteiger partial charge in [0.25, 0.3) is 0 Å². The van der Waals surface area contributed by atoms with Crippen LogP contribution in [0.5, 0.6) is 0 Å². The second-order valence-electron chi connectivity index (χ2n) is 2.81. The van der Waals surface area contributed by atoms with E-state index in [1.165, 1.54) is 0 Å². The van der Waals surface area contributed by atoms with Gasteiger partial charge in [0.2, 0.25) is 6.35 Å². The topological polar surface area (TPSA) is 88.4 Å². The van der Waals surface area contributed by atoms with E-state index in [-0.39, 0.29) is 0 Å². The summed E-state index contributed by atoms with van der Waals surface area (Å²) in [4.78, 5) is 0. The van der Waals surface area contributed by atoms with Crippen LogP contribution >= 0.6 is 7.94 Å². The van der Waals surface area contributed by atoms with Crippen LogP contribution in [0.1, 0.15) is 26.2 Å². The molecule has 3 N–H and O–H groups in total. The highest BCUT2D eigenvalue weighted by Crippen LogP contribution is 2.60. The highest BCUT2D eigenvalue weighted by atomic mass is 31.2. The van der Waals surface area contributed by atoms with Crippen molar-refractivity contribution >= 4 is 7.94 Å². The second kappa shape index (κ2) is 9.42. The number of hydrogen-bond acceptors (Lipinski definition) is 6. The molecule has 0 amide bonds. The number of aliphatic hydroxyl groups excluding tert-OH is 3. The fraction of sp³-hybridized carbons (Fsp3) is 1.00. The molecule has 0 bridgehead atoms. The van der Waals surface area contributed by atoms with E-state index in [1.54, 1.807) is 0 Å². The Balaban J connectivity index is 3.96. The summed E-state index contributed by atoms with van der Waals surface area (Å²) < 4.78 is 14.9. The minimum atomic E-state index is -2.96. The Labute approximate surface area is 90.4 Å². The maximum Gasteiger partial charge on any atom is 0.443 e. The summed E-state index contributed by atoms with van der Waals surface area (Å²) in [7, 11) is -2.96. The molecule has 0 saturated carbocycles. The molecule has 0 spiro atoms. The van der Waals surface area contributed by atoms with Gasteiger partial charge in [0, 0.05) is 0 Å². The summed E-state index contributed by atoms with van der Waals surface area (Å²) in [5.74, 6) is 0. The third-order valence-electron chi connectivity index (χ3n) is 1.72. The van der Waals surface area contributed by atoms with E-state index in [2.05, 4.69) is 6.92 Å². The molecule has 0 fully saturated rings. The zero-order valence-electron chi connectivity index (χ0n) is 8.96. The Morgan fingerprint density at radius 1 is 0.933 bits per heavy atom. The molecule has 0 saturated heterocycles. The van der Waals surface area contributed by atoms with Gasteiger partial charge in [0.15, 0.2) is 13.6 Å². The average molecular weight is 243 g/mol. The Hall–Kier alpha value is 0.190. The summed E-state index contributed by atoms with van der Waals surface area (Å²) in [6.45, 7) is 1.22. The monoisotopic (exact) mass is 243 g/mol. The van der Waals surface area contributed by atoms with E-state index < -0.39 is 27.9 Å². The molecule has 6 nitrogen and oxygen atoms in total. The molecule has 0 aliphatic heterocycles. The number of aliphatic hydroxyl groups is 3. The molecule has 15 heavy (non-hydrogen) atoms. The molecule has 0 aromatic rings. The van der Waals surface area contributed by atoms with E-state index in [9.17, 15) is 0 Å². The van der Waals surface area contributed by atoms with E-state index in [0.717, 1.165) is 19.3 Å². The molecule has 92 valence electrons. The van der Waals surface area contributed by atoms with Crippen molar-refractivity contribution in [1.29, 1.82) is 0 Å². The standard InChI is InChI=1S/C8H20O6P/c1-2-3-4-5-12-15(8-11,13-6-9)14-7-10/h9-11H,2-8H2,1H3/q+1. The normalized spacial score (nSPS) is 12.0. The summed E-state index contributed by atoms with van der Waals surface area (Å²) in [5.41, 5.74) is 0. The Morgan fingerprint density at radius 2 is 1.53 bits per heavy atom. The Bertz CT molecular complexity index is 139. The first-order valence-corrected chi connectivity index (χ1v) is 6.61. The molecule has 0 unspecified atom stereocenters. The van der Waals surface area contributed by atoms with Crippen molar-refractivity contribution in [2.45, 2.75) is 26.2 Å². The minimum absolute atomic E-state index is 0.377. The maximum absolute atomic E-state index is 9.05. The van der Waals surface area contributed by atoms with Gasteiger partial charge in [-0.2, -0.15) is 4.52 Å². The van der Waals surface area contributed by atoms with E-state index >= 15 is 0 Å². The van der Waals surface area contributed by atoms with Crippen molar-refractivity contribution in [2.24, 2.45) is 0 Å². The van der Waals surface area contributed by atoms with Gasteiger partial charge in [-0.15, -0.1) is 9.05 Å². The van der Waals surface area contributed by atoms with Gasteiger partial charge < -0.3 is 15.3 Å². The van der Waals surface area contributed by atoms with Crippen LogP contribution in [0, 0.1) is 0 Å². The zero-order valence-corrected chi connectivity index (χ0v) is 9.86. The lowest BCUT2D eigenvalue weighted by Gasteiger charge is -2.17. The third kappa shape index (κ3) is 6.37. The molecular formula is C8H20O6P+. The quantitative estimate of drug-likeness (QED) is 0.299. The van der Waals surface area contributed by atoms with Crippen molar-refractivity contribution in [1.82, 2.24) is 0 Å². The molecular weight excluding hydrogens is 223 g/mol. The fourth-order valence-electron chi connectivity index (χ4n) is 0.966. The first-order chi connectivity index (χ1) is 7.24. The van der Waals surface area contributed by atoms with Crippen molar-refractivity contribution in [3.8, 4) is 0 Å². The number of hydrogen-bond donors (Lipinski definition) is 3. The van der Waals surface area contributed by atoms with Crippen LogP contribution in [0.4, 0.5) is 0 Å². The van der Waals surface area contributed by atoms with Crippen molar-refractivity contribution in [2.75, 3.05) is 26.5 Å². The van der Waals surface area contributed by atoms with Gasteiger partial charge in [-0.05, 0) is 6.42 Å². The van der Waals surface area contributed by atoms with Gasteiger partial charge >= 0.3 is 7.94 Å². The van der Waals surface area contributed by atoms with E-state index in [0.29, 0.717) is 6.61 Å². The van der Waals surface area contributed by atoms with Gasteiger partial charge in [-0.1, -0.05) is 19.8 Å². The first-order valence-electron chi connectivity index (χ1n) is 4.89. The average Bonchev–Trinajstić information content (AvgIpc) is 2.25. The molecule has 0 atom stereocenters. The second-order valence-corrected chi connectivity index (χ2v) is 5.09. The van der Waals surface area contributed by atoms with Crippen LogP contribution in [0.2, 0.25) is 0 Å². The third-order valence-corrected chi connectivity index (χ3v) is 3.66. The summed E-state index contributed by atoms with van der Waals surface area (Å²) in [6.07, 6.45) is 2.39. The maximum atomic E-state index is 9.05. The summed E-state index contributed by atoms with van der Waals surface area (Å²) >= 11 is 0. The highest BCUT2D eigenvalue weighted by molar-refractivity contribution is 7.61. The van der Waals surface area contributed by atoms with Crippen LogP contribution in [-0.2, 0) is 13.6 Å². The SMILES string of the molecule is CCCCCO[P+](CO)(OCO)OCO. The summed E-state index contributed by atoms with van der Waals surface area (Å²) in [6, 6.07) is 0. The smallest absolute Gasteiger partial charge is 0.367 e. The fourth-order valence-corrected chi connectivity index (χ4v) is 2.19. The first kappa shape index (κ1) is 15.2. The summed E-state index contributed by atoms with van der Waals surface area (Å²) in [5, 5.41) is 26.3. The minimum Gasteiger partial charge on any atom is -0.367 e. The number of rotatable bonds is 10. The Morgan fingerprint density at radius 3 is 1.93 bits per heavy atom. The van der Waals surface area contributed by atoms with Crippen LogP contribution in [0.3, 0.4) is 0 Å². The van der Waals surface area contributed by atoms with Crippen molar-refractivity contribution < 1.29 is 28.9 Å². The van der Waals surface area contributed by atoms with Gasteiger partial charge in [0.05, 0.1) is 6.61 Å². The Kier molecular flexibility index (Phi) is 9.54. The van der Waals surface area contributed by atoms with E-state index in [4.69, 9.17) is 28.9 Å². The lowest BCUT2D eigenvalue weighted by molar-refractivity contribution is 0.00586. The largest absolute Gasteiger partial charge is 0.443 e. The van der Waals surface area contributed by atoms with Gasteiger partial charge in [0.1, 0.15) is 0 Å². The zero-order chi connectivity index (χ0) is 11.6. The number of unbranched alkanes of at least 4 members (excludes halogenated alkanes) is 2. The molecule has 0 aromatic carbocycles. The predicted octanol–water partition coefficient (Wildman–Crippen LogP) is 0.838. The molecule has 0 aliphatic carbocycles. The van der Waals surface area contributed by atoms with Crippen LogP contribution in [0.25, 0.3) is 0 Å². The highest BCUT2D eigenvalue weighted by Gasteiger charge is 2.45. The molecule has 0 radical (unpaired) electrons. The van der Waals surface area contributed by atoms with Crippen LogP contribution in [0.15, 0.2) is 0 Å². The van der Waals surface area contributed by atoms with Crippen molar-refractivity contribution in [3.63, 3.8) is 0 Å². The molecule has 0 rings (SSSR count). The molecule has 0 heterocycles. The lowest BCUT2D eigenvalue weighted by Crippen LogP contribution is -2.13. The molecule has 0 aromatic heterocycles. The lowest BCUT2D eigenvalue weighted by atomic mass is 10.3. The van der Waals surface area contributed by atoms with Gasteiger partial charge in [-0.3, -0.25) is 0 Å². The molecule has 0 aliphatic rings. The van der Waals surface area contributed by atoms with Gasteiger partial charge in [-0.25, -0.2) is 0 Å². The molecule has 7 heteroatoms. The van der Waals surface area contributed by atoms with Crippen LogP contribution in [-0.4, -0.2) is 41.9 Å². The van der Waals surface area contributed by atoms with E-state index in [1.807, 2.05) is 0 Å². The van der Waals surface area contributed by atoms with Crippen molar-refractivity contribution in [3.05, 3.63) is 0 Å².